The number of methoxy groups -OCH3 is 1. The van der Waals surface area contributed by atoms with Crippen LogP contribution in [0.3, 0.4) is 0 Å². The summed E-state index contributed by atoms with van der Waals surface area (Å²) in [4.78, 5) is 12.0. The van der Waals surface area contributed by atoms with Crippen molar-refractivity contribution >= 4 is 5.91 Å². The van der Waals surface area contributed by atoms with E-state index in [1.807, 2.05) is 0 Å². The number of hydrogen-bond acceptors (Lipinski definition) is 3. The summed E-state index contributed by atoms with van der Waals surface area (Å²) in [5.41, 5.74) is -0.281. The predicted molar refractivity (Wildman–Crippen MR) is 73.8 cm³/mol. The first-order valence-corrected chi connectivity index (χ1v) is 7.56. The third-order valence-electron chi connectivity index (χ3n) is 5.09. The molecule has 0 aromatic carbocycles. The van der Waals surface area contributed by atoms with Gasteiger partial charge in [-0.25, -0.2) is 0 Å². The number of hydrogen-bond donors (Lipinski definition) is 2. The highest BCUT2D eigenvalue weighted by atomic mass is 16.5. The van der Waals surface area contributed by atoms with Crippen molar-refractivity contribution in [2.45, 2.75) is 63.4 Å². The molecule has 4 heteroatoms. The second kappa shape index (κ2) is 6.23. The van der Waals surface area contributed by atoms with Crippen molar-refractivity contribution in [2.75, 3.05) is 20.3 Å². The van der Waals surface area contributed by atoms with E-state index in [1.165, 1.54) is 19.3 Å². The first-order chi connectivity index (χ1) is 9.14. The Morgan fingerprint density at radius 1 is 1.16 bits per heavy atom. The van der Waals surface area contributed by atoms with E-state index in [1.54, 1.807) is 7.11 Å². The van der Waals surface area contributed by atoms with E-state index in [4.69, 9.17) is 4.74 Å². The smallest absolute Gasteiger partial charge is 0.222 e. The highest BCUT2D eigenvalue weighted by Crippen LogP contribution is 2.38. The number of aliphatic hydroxyl groups excluding tert-OH is 1. The Bertz CT molecular complexity index is 301. The Kier molecular flexibility index (Phi) is 4.85. The van der Waals surface area contributed by atoms with E-state index in [-0.39, 0.29) is 23.5 Å². The number of aliphatic hydroxyl groups is 1. The van der Waals surface area contributed by atoms with Gasteiger partial charge in [-0.2, -0.15) is 0 Å². The van der Waals surface area contributed by atoms with Crippen LogP contribution >= 0.6 is 0 Å². The summed E-state index contributed by atoms with van der Waals surface area (Å²) in [5.74, 6) is 0.0694. The van der Waals surface area contributed by atoms with Gasteiger partial charge in [-0.05, 0) is 32.1 Å². The first kappa shape index (κ1) is 14.8. The standard InChI is InChI=1S/C15H27NO3/c1-19-15(8-5-9-15)10-13(18)16-11-14(12-17)6-3-2-4-7-14/h17H,2-12H2,1H3,(H,16,18). The summed E-state index contributed by atoms with van der Waals surface area (Å²) in [6.07, 6.45) is 9.23. The molecular weight excluding hydrogens is 242 g/mol. The average Bonchev–Trinajstić information content (AvgIpc) is 2.42. The van der Waals surface area contributed by atoms with Gasteiger partial charge in [0.1, 0.15) is 0 Å². The zero-order valence-corrected chi connectivity index (χ0v) is 12.0. The first-order valence-electron chi connectivity index (χ1n) is 7.56. The van der Waals surface area contributed by atoms with Gasteiger partial charge in [0.2, 0.25) is 5.91 Å². The largest absolute Gasteiger partial charge is 0.396 e. The maximum absolute atomic E-state index is 12.0. The van der Waals surface area contributed by atoms with E-state index in [0.717, 1.165) is 32.1 Å². The van der Waals surface area contributed by atoms with Crippen molar-refractivity contribution in [1.29, 1.82) is 0 Å². The molecule has 1 amide bonds. The van der Waals surface area contributed by atoms with Gasteiger partial charge in [0.25, 0.3) is 0 Å². The molecule has 110 valence electrons. The lowest BCUT2D eigenvalue weighted by atomic mass is 9.74. The van der Waals surface area contributed by atoms with Crippen LogP contribution in [0.2, 0.25) is 0 Å². The number of ether oxygens (including phenoxy) is 1. The maximum Gasteiger partial charge on any atom is 0.222 e. The molecule has 2 fully saturated rings. The van der Waals surface area contributed by atoms with E-state index in [0.29, 0.717) is 13.0 Å². The summed E-state index contributed by atoms with van der Waals surface area (Å²) in [7, 11) is 1.70. The summed E-state index contributed by atoms with van der Waals surface area (Å²) in [6.45, 7) is 0.796. The summed E-state index contributed by atoms with van der Waals surface area (Å²) in [6, 6.07) is 0. The topological polar surface area (TPSA) is 58.6 Å². The number of rotatable bonds is 6. The van der Waals surface area contributed by atoms with Crippen LogP contribution in [0.4, 0.5) is 0 Å². The van der Waals surface area contributed by atoms with E-state index in [2.05, 4.69) is 5.32 Å². The quantitative estimate of drug-likeness (QED) is 0.775. The van der Waals surface area contributed by atoms with Crippen LogP contribution in [-0.4, -0.2) is 36.9 Å². The average molecular weight is 269 g/mol. The fourth-order valence-corrected chi connectivity index (χ4v) is 3.36. The Balaban J connectivity index is 1.78. The van der Waals surface area contributed by atoms with Crippen molar-refractivity contribution < 1.29 is 14.6 Å². The van der Waals surface area contributed by atoms with Crippen LogP contribution in [-0.2, 0) is 9.53 Å². The SMILES string of the molecule is COC1(CC(=O)NCC2(CO)CCCCC2)CCC1. The molecule has 2 N–H and O–H groups in total. The Hall–Kier alpha value is -0.610. The van der Waals surface area contributed by atoms with Crippen molar-refractivity contribution in [3.63, 3.8) is 0 Å². The molecule has 0 aromatic rings. The van der Waals surface area contributed by atoms with Gasteiger partial charge in [-0.15, -0.1) is 0 Å². The molecule has 2 saturated carbocycles. The second-order valence-electron chi connectivity index (χ2n) is 6.41. The van der Waals surface area contributed by atoms with Gasteiger partial charge in [-0.1, -0.05) is 19.3 Å². The van der Waals surface area contributed by atoms with Crippen molar-refractivity contribution in [2.24, 2.45) is 5.41 Å². The highest BCUT2D eigenvalue weighted by molar-refractivity contribution is 5.77. The van der Waals surface area contributed by atoms with Gasteiger partial charge in [-0.3, -0.25) is 4.79 Å². The minimum Gasteiger partial charge on any atom is -0.396 e. The van der Waals surface area contributed by atoms with Gasteiger partial charge < -0.3 is 15.2 Å². The minimum atomic E-state index is -0.205. The third-order valence-corrected chi connectivity index (χ3v) is 5.09. The second-order valence-corrected chi connectivity index (χ2v) is 6.41. The van der Waals surface area contributed by atoms with Crippen LogP contribution in [0.1, 0.15) is 57.8 Å². The predicted octanol–water partition coefficient (Wildman–Crippen LogP) is 2.00. The lowest BCUT2D eigenvalue weighted by Crippen LogP contribution is -2.47. The molecule has 0 bridgehead atoms. The Morgan fingerprint density at radius 2 is 1.84 bits per heavy atom. The van der Waals surface area contributed by atoms with Crippen LogP contribution in [0.15, 0.2) is 0 Å². The van der Waals surface area contributed by atoms with E-state index >= 15 is 0 Å². The molecule has 2 aliphatic rings. The Morgan fingerprint density at radius 3 is 2.32 bits per heavy atom. The fraction of sp³-hybridized carbons (Fsp3) is 0.933. The molecule has 19 heavy (non-hydrogen) atoms. The highest BCUT2D eigenvalue weighted by Gasteiger charge is 2.39. The van der Waals surface area contributed by atoms with Crippen LogP contribution < -0.4 is 5.32 Å². The van der Waals surface area contributed by atoms with Gasteiger partial charge in [0.05, 0.1) is 18.6 Å². The van der Waals surface area contributed by atoms with Crippen molar-refractivity contribution in [1.82, 2.24) is 5.32 Å². The normalized spacial score (nSPS) is 24.5. The molecule has 0 saturated heterocycles. The molecule has 0 aliphatic heterocycles. The molecular formula is C15H27NO3. The lowest BCUT2D eigenvalue weighted by Gasteiger charge is -2.40. The molecule has 0 unspecified atom stereocenters. The fourth-order valence-electron chi connectivity index (χ4n) is 3.36. The number of nitrogens with one attached hydrogen (secondary N) is 1. The minimum absolute atomic E-state index is 0.0694. The van der Waals surface area contributed by atoms with Crippen molar-refractivity contribution in [3.8, 4) is 0 Å². The molecule has 0 spiro atoms. The molecule has 0 aromatic heterocycles. The Labute approximate surface area is 115 Å². The molecule has 0 heterocycles. The third kappa shape index (κ3) is 3.48. The maximum atomic E-state index is 12.0. The molecule has 4 nitrogen and oxygen atoms in total. The lowest BCUT2D eigenvalue weighted by molar-refractivity contribution is -0.135. The zero-order chi connectivity index (χ0) is 13.8. The number of carbonyl (C=O) groups is 1. The number of amides is 1. The van der Waals surface area contributed by atoms with Gasteiger partial charge in [0, 0.05) is 19.1 Å². The molecule has 0 atom stereocenters. The summed E-state index contributed by atoms with van der Waals surface area (Å²) >= 11 is 0. The van der Waals surface area contributed by atoms with Crippen LogP contribution in [0.25, 0.3) is 0 Å². The van der Waals surface area contributed by atoms with Crippen molar-refractivity contribution in [3.05, 3.63) is 0 Å². The molecule has 0 radical (unpaired) electrons. The molecule has 2 aliphatic carbocycles. The zero-order valence-electron chi connectivity index (χ0n) is 12.0. The van der Waals surface area contributed by atoms with Gasteiger partial charge in [0.15, 0.2) is 0 Å². The van der Waals surface area contributed by atoms with E-state index in [9.17, 15) is 9.90 Å². The van der Waals surface area contributed by atoms with Crippen LogP contribution in [0, 0.1) is 5.41 Å². The number of carbonyl (C=O) groups excluding carboxylic acids is 1. The summed E-state index contributed by atoms with van der Waals surface area (Å²) in [5, 5.41) is 12.6. The van der Waals surface area contributed by atoms with E-state index < -0.39 is 0 Å². The monoisotopic (exact) mass is 269 g/mol. The molecule has 2 rings (SSSR count). The van der Waals surface area contributed by atoms with Gasteiger partial charge >= 0.3 is 0 Å². The van der Waals surface area contributed by atoms with Crippen LogP contribution in [0.5, 0.6) is 0 Å². The summed E-state index contributed by atoms with van der Waals surface area (Å²) < 4.78 is 5.48.